The molecular formula is C27H25N3O3. The lowest BCUT2D eigenvalue weighted by Gasteiger charge is -2.28. The van der Waals surface area contributed by atoms with E-state index in [1.54, 1.807) is 9.80 Å². The molecule has 0 radical (unpaired) electrons. The average Bonchev–Trinajstić information content (AvgIpc) is 3.26. The fourth-order valence-corrected chi connectivity index (χ4v) is 4.83. The summed E-state index contributed by atoms with van der Waals surface area (Å²) in [5, 5.41) is 0. The molecule has 0 N–H and O–H groups in total. The topological polar surface area (TPSA) is 60.9 Å². The standard InChI is InChI=1S/C27H25N3O3/c1-19(22-15-9-4-10-16-22)30-25(31)23-24(26(30)32)29(18-21-13-7-3-8-14-21)27(33)28(23)17-20-11-5-2-6-12-20/h2-16,19,23-24H,17-18H2,1H3/t19-,23?,24?/m1/s1. The molecule has 33 heavy (non-hydrogen) atoms. The summed E-state index contributed by atoms with van der Waals surface area (Å²) in [5.74, 6) is -0.637. The van der Waals surface area contributed by atoms with Gasteiger partial charge in [-0.05, 0) is 23.6 Å². The highest BCUT2D eigenvalue weighted by Gasteiger charge is 2.61. The molecule has 2 saturated heterocycles. The fourth-order valence-electron chi connectivity index (χ4n) is 4.83. The van der Waals surface area contributed by atoms with E-state index < -0.39 is 18.1 Å². The van der Waals surface area contributed by atoms with Gasteiger partial charge in [0.25, 0.3) is 11.8 Å². The van der Waals surface area contributed by atoms with Gasteiger partial charge in [-0.1, -0.05) is 91.0 Å². The molecule has 2 fully saturated rings. The number of nitrogens with zero attached hydrogens (tertiary/aromatic N) is 3. The summed E-state index contributed by atoms with van der Waals surface area (Å²) in [6, 6.07) is 26.3. The molecule has 4 amide bonds. The molecule has 0 spiro atoms. The van der Waals surface area contributed by atoms with Gasteiger partial charge in [0.15, 0.2) is 0 Å². The highest BCUT2D eigenvalue weighted by atomic mass is 16.2. The molecule has 166 valence electrons. The minimum atomic E-state index is -0.833. The molecular weight excluding hydrogens is 414 g/mol. The molecule has 0 aliphatic carbocycles. The molecule has 2 aliphatic rings. The second kappa shape index (κ2) is 8.54. The van der Waals surface area contributed by atoms with Crippen LogP contribution in [0.3, 0.4) is 0 Å². The van der Waals surface area contributed by atoms with Crippen molar-refractivity contribution in [3.05, 3.63) is 108 Å². The van der Waals surface area contributed by atoms with Gasteiger partial charge in [-0.2, -0.15) is 0 Å². The minimum Gasteiger partial charge on any atom is -0.306 e. The number of rotatable bonds is 6. The number of carbonyl (C=O) groups excluding carboxylic acids is 3. The van der Waals surface area contributed by atoms with Crippen molar-refractivity contribution in [2.45, 2.75) is 38.1 Å². The number of urea groups is 1. The van der Waals surface area contributed by atoms with Crippen molar-refractivity contribution in [3.8, 4) is 0 Å². The van der Waals surface area contributed by atoms with Crippen LogP contribution in [0.1, 0.15) is 29.7 Å². The third-order valence-electron chi connectivity index (χ3n) is 6.50. The summed E-state index contributed by atoms with van der Waals surface area (Å²) < 4.78 is 0. The predicted octanol–water partition coefficient (Wildman–Crippen LogP) is 3.99. The Balaban J connectivity index is 1.51. The molecule has 0 aromatic heterocycles. The van der Waals surface area contributed by atoms with Crippen LogP contribution in [-0.4, -0.2) is 44.6 Å². The van der Waals surface area contributed by atoms with Gasteiger partial charge in [-0.25, -0.2) is 4.79 Å². The van der Waals surface area contributed by atoms with Crippen LogP contribution in [0.2, 0.25) is 0 Å². The summed E-state index contributed by atoms with van der Waals surface area (Å²) in [7, 11) is 0. The van der Waals surface area contributed by atoms with Crippen molar-refractivity contribution in [1.82, 2.24) is 14.7 Å². The van der Waals surface area contributed by atoms with Crippen molar-refractivity contribution < 1.29 is 14.4 Å². The zero-order valence-corrected chi connectivity index (χ0v) is 18.4. The fraction of sp³-hybridized carbons (Fsp3) is 0.222. The molecule has 6 heteroatoms. The summed E-state index contributed by atoms with van der Waals surface area (Å²) in [6.45, 7) is 2.41. The Morgan fingerprint density at radius 1 is 0.636 bits per heavy atom. The smallest absolute Gasteiger partial charge is 0.306 e. The van der Waals surface area contributed by atoms with Gasteiger partial charge in [0.1, 0.15) is 12.1 Å². The SMILES string of the molecule is C[C@H](c1ccccc1)N1C(=O)C2C(C1=O)N(Cc1ccccc1)C(=O)N2Cc1ccccc1. The van der Waals surface area contributed by atoms with E-state index in [1.807, 2.05) is 97.9 Å². The Kier molecular flexibility index (Phi) is 5.42. The first-order chi connectivity index (χ1) is 16.1. The van der Waals surface area contributed by atoms with E-state index in [9.17, 15) is 14.4 Å². The number of hydrogen-bond donors (Lipinski definition) is 0. The van der Waals surface area contributed by atoms with Crippen LogP contribution < -0.4 is 0 Å². The normalized spacial score (nSPS) is 21.0. The first-order valence-electron chi connectivity index (χ1n) is 11.1. The van der Waals surface area contributed by atoms with Gasteiger partial charge in [0.05, 0.1) is 6.04 Å². The van der Waals surface area contributed by atoms with Gasteiger partial charge >= 0.3 is 6.03 Å². The van der Waals surface area contributed by atoms with Crippen LogP contribution in [0.25, 0.3) is 0 Å². The molecule has 3 aromatic carbocycles. The average molecular weight is 440 g/mol. The monoisotopic (exact) mass is 439 g/mol. The van der Waals surface area contributed by atoms with Crippen LogP contribution in [0.15, 0.2) is 91.0 Å². The van der Waals surface area contributed by atoms with Gasteiger partial charge in [0, 0.05) is 13.1 Å². The number of hydrogen-bond acceptors (Lipinski definition) is 3. The van der Waals surface area contributed by atoms with Crippen molar-refractivity contribution in [2.24, 2.45) is 0 Å². The van der Waals surface area contributed by atoms with Crippen LogP contribution >= 0.6 is 0 Å². The van der Waals surface area contributed by atoms with Gasteiger partial charge in [0.2, 0.25) is 0 Å². The second-order valence-electron chi connectivity index (χ2n) is 8.53. The molecule has 2 unspecified atom stereocenters. The molecule has 0 saturated carbocycles. The minimum absolute atomic E-state index is 0.276. The number of likely N-dealkylation sites (tertiary alicyclic amines) is 1. The predicted molar refractivity (Wildman–Crippen MR) is 124 cm³/mol. The molecule has 3 atom stereocenters. The number of imide groups is 1. The summed E-state index contributed by atoms with van der Waals surface area (Å²) in [4.78, 5) is 45.2. The molecule has 2 aliphatic heterocycles. The maximum atomic E-state index is 13.6. The summed E-state index contributed by atoms with van der Waals surface area (Å²) >= 11 is 0. The summed E-state index contributed by atoms with van der Waals surface area (Å²) in [5.41, 5.74) is 2.72. The maximum Gasteiger partial charge on any atom is 0.322 e. The number of fused-ring (bicyclic) bond motifs is 1. The Bertz CT molecular complexity index is 1100. The van der Waals surface area contributed by atoms with Crippen molar-refractivity contribution in [3.63, 3.8) is 0 Å². The maximum absolute atomic E-state index is 13.6. The van der Waals surface area contributed by atoms with Gasteiger partial charge < -0.3 is 9.80 Å². The molecule has 0 bridgehead atoms. The van der Waals surface area contributed by atoms with E-state index in [0.29, 0.717) is 0 Å². The first kappa shape index (κ1) is 20.9. The number of benzene rings is 3. The van der Waals surface area contributed by atoms with Crippen molar-refractivity contribution >= 4 is 17.8 Å². The lowest BCUT2D eigenvalue weighted by Crippen LogP contribution is -2.44. The van der Waals surface area contributed by atoms with E-state index >= 15 is 0 Å². The van der Waals surface area contributed by atoms with Crippen LogP contribution in [-0.2, 0) is 22.7 Å². The number of carbonyl (C=O) groups is 3. The van der Waals surface area contributed by atoms with Gasteiger partial charge in [-0.3, -0.25) is 14.5 Å². The largest absolute Gasteiger partial charge is 0.322 e. The zero-order chi connectivity index (χ0) is 22.9. The van der Waals surface area contributed by atoms with E-state index in [-0.39, 0.29) is 30.9 Å². The third-order valence-corrected chi connectivity index (χ3v) is 6.50. The Morgan fingerprint density at radius 3 is 1.45 bits per heavy atom. The van der Waals surface area contributed by atoms with E-state index in [1.165, 1.54) is 4.90 Å². The first-order valence-corrected chi connectivity index (χ1v) is 11.1. The Labute approximate surface area is 193 Å². The Hall–Kier alpha value is -3.93. The Morgan fingerprint density at radius 2 is 1.03 bits per heavy atom. The van der Waals surface area contributed by atoms with E-state index in [4.69, 9.17) is 0 Å². The number of amides is 4. The van der Waals surface area contributed by atoms with Crippen LogP contribution in [0.4, 0.5) is 4.79 Å². The van der Waals surface area contributed by atoms with Crippen LogP contribution in [0, 0.1) is 0 Å². The molecule has 6 nitrogen and oxygen atoms in total. The molecule has 3 aromatic rings. The molecule has 2 heterocycles. The van der Waals surface area contributed by atoms with Crippen molar-refractivity contribution in [2.75, 3.05) is 0 Å². The lowest BCUT2D eigenvalue weighted by atomic mass is 10.1. The second-order valence-corrected chi connectivity index (χ2v) is 8.53. The van der Waals surface area contributed by atoms with Gasteiger partial charge in [-0.15, -0.1) is 0 Å². The van der Waals surface area contributed by atoms with E-state index in [2.05, 4.69) is 0 Å². The zero-order valence-electron chi connectivity index (χ0n) is 18.4. The molecule has 5 rings (SSSR count). The summed E-state index contributed by atoms with van der Waals surface area (Å²) in [6.07, 6.45) is 0. The van der Waals surface area contributed by atoms with E-state index in [0.717, 1.165) is 16.7 Å². The highest BCUT2D eigenvalue weighted by molar-refractivity contribution is 6.13. The third kappa shape index (κ3) is 3.67. The highest BCUT2D eigenvalue weighted by Crippen LogP contribution is 2.37. The quantitative estimate of drug-likeness (QED) is 0.546. The van der Waals surface area contributed by atoms with Crippen molar-refractivity contribution in [1.29, 1.82) is 0 Å². The van der Waals surface area contributed by atoms with Crippen LogP contribution in [0.5, 0.6) is 0 Å². The lowest BCUT2D eigenvalue weighted by molar-refractivity contribution is -0.143.